The predicted molar refractivity (Wildman–Crippen MR) is 51.2 cm³/mol. The molecule has 0 aliphatic rings. The fourth-order valence-electron chi connectivity index (χ4n) is 1.01. The van der Waals surface area contributed by atoms with Crippen molar-refractivity contribution in [2.45, 2.75) is 4.90 Å². The van der Waals surface area contributed by atoms with Crippen LogP contribution in [0.25, 0.3) is 0 Å². The molecule has 0 fully saturated rings. The lowest BCUT2D eigenvalue weighted by Gasteiger charge is -2.08. The van der Waals surface area contributed by atoms with E-state index in [4.69, 9.17) is 9.79 Å². The molecular weight excluding hydrogens is 227 g/mol. The predicted octanol–water partition coefficient (Wildman–Crippen LogP) is -0.107. The first-order valence-electron chi connectivity index (χ1n) is 3.58. The minimum atomic E-state index is -4.53. The van der Waals surface area contributed by atoms with Crippen molar-refractivity contribution in [3.05, 3.63) is 24.3 Å². The monoisotopic (exact) mass is 236 g/mol. The lowest BCUT2D eigenvalue weighted by atomic mass is 10.4. The Balaban J connectivity index is 3.55. The van der Waals surface area contributed by atoms with E-state index < -0.39 is 22.7 Å². The average molecular weight is 236 g/mol. The zero-order chi connectivity index (χ0) is 11.0. The second kappa shape index (κ2) is 3.47. The molecule has 0 aromatic heterocycles. The molecule has 5 nitrogen and oxygen atoms in total. The van der Waals surface area contributed by atoms with Gasteiger partial charge in [-0.1, -0.05) is 12.1 Å². The van der Waals surface area contributed by atoms with Crippen LogP contribution in [0.1, 0.15) is 0 Å². The highest BCUT2D eigenvalue weighted by Crippen LogP contribution is 2.35. The van der Waals surface area contributed by atoms with Gasteiger partial charge < -0.3 is 9.79 Å². The molecule has 0 spiro atoms. The third-order valence-electron chi connectivity index (χ3n) is 1.58. The normalized spacial score (nSPS) is 12.8. The molecule has 1 aromatic carbocycles. The Bertz CT molecular complexity index is 487. The molecule has 0 radical (unpaired) electrons. The number of sulfone groups is 1. The van der Waals surface area contributed by atoms with Crippen molar-refractivity contribution in [3.8, 4) is 0 Å². The molecule has 1 aromatic rings. The first-order valence-corrected chi connectivity index (χ1v) is 7.08. The third kappa shape index (κ3) is 2.42. The van der Waals surface area contributed by atoms with Crippen LogP contribution in [0.5, 0.6) is 0 Å². The lowest BCUT2D eigenvalue weighted by Crippen LogP contribution is -2.14. The van der Waals surface area contributed by atoms with Crippen LogP contribution in [-0.2, 0) is 14.4 Å². The van der Waals surface area contributed by atoms with Gasteiger partial charge in [0.25, 0.3) is 0 Å². The van der Waals surface area contributed by atoms with Crippen molar-refractivity contribution in [2.24, 2.45) is 0 Å². The van der Waals surface area contributed by atoms with E-state index >= 15 is 0 Å². The number of rotatable bonds is 2. The fourth-order valence-corrected chi connectivity index (χ4v) is 3.28. The van der Waals surface area contributed by atoms with E-state index in [0.29, 0.717) is 0 Å². The first-order chi connectivity index (χ1) is 6.23. The van der Waals surface area contributed by atoms with Crippen molar-refractivity contribution >= 4 is 22.7 Å². The molecule has 14 heavy (non-hydrogen) atoms. The van der Waals surface area contributed by atoms with Crippen LogP contribution in [0.2, 0.25) is 0 Å². The van der Waals surface area contributed by atoms with Gasteiger partial charge in [0.15, 0.2) is 9.84 Å². The van der Waals surface area contributed by atoms with E-state index in [1.165, 1.54) is 18.2 Å². The summed E-state index contributed by atoms with van der Waals surface area (Å²) in [5, 5.41) is -0.456. The third-order valence-corrected chi connectivity index (χ3v) is 3.90. The van der Waals surface area contributed by atoms with Crippen molar-refractivity contribution in [1.82, 2.24) is 0 Å². The van der Waals surface area contributed by atoms with Gasteiger partial charge in [-0.15, -0.1) is 0 Å². The van der Waals surface area contributed by atoms with E-state index in [1.807, 2.05) is 0 Å². The van der Waals surface area contributed by atoms with E-state index in [-0.39, 0.29) is 4.90 Å². The zero-order valence-corrected chi connectivity index (χ0v) is 8.99. The van der Waals surface area contributed by atoms with Crippen molar-refractivity contribution in [1.29, 1.82) is 0 Å². The average Bonchev–Trinajstić information content (AvgIpc) is 2.01. The van der Waals surface area contributed by atoms with Crippen molar-refractivity contribution in [2.75, 3.05) is 6.26 Å². The molecule has 0 saturated carbocycles. The zero-order valence-electron chi connectivity index (χ0n) is 7.28. The molecule has 0 amide bonds. The van der Waals surface area contributed by atoms with Gasteiger partial charge in [0, 0.05) is 6.26 Å². The van der Waals surface area contributed by atoms with Gasteiger partial charge in [0.2, 0.25) is 0 Å². The van der Waals surface area contributed by atoms with Gasteiger partial charge in [0.05, 0.1) is 10.2 Å². The summed E-state index contributed by atoms with van der Waals surface area (Å²) < 4.78 is 33.2. The molecule has 1 rings (SSSR count). The Labute approximate surface area is 81.5 Å². The van der Waals surface area contributed by atoms with Crippen molar-refractivity contribution in [3.63, 3.8) is 0 Å². The Morgan fingerprint density at radius 2 is 1.71 bits per heavy atom. The molecule has 78 valence electrons. The number of hydrogen-bond donors (Lipinski definition) is 2. The lowest BCUT2D eigenvalue weighted by molar-refractivity contribution is 0.386. The summed E-state index contributed by atoms with van der Waals surface area (Å²) in [6, 6.07) is 5.07. The molecule has 0 unspecified atom stereocenters. The van der Waals surface area contributed by atoms with Crippen LogP contribution in [-0.4, -0.2) is 24.5 Å². The van der Waals surface area contributed by atoms with Gasteiger partial charge in [-0.25, -0.2) is 8.42 Å². The summed E-state index contributed by atoms with van der Waals surface area (Å²) >= 11 is 0. The molecule has 0 aliphatic carbocycles. The molecular formula is C7H9O5PS. The van der Waals surface area contributed by atoms with Gasteiger partial charge in [0.1, 0.15) is 0 Å². The van der Waals surface area contributed by atoms with Crippen LogP contribution in [0.4, 0.5) is 0 Å². The van der Waals surface area contributed by atoms with E-state index in [9.17, 15) is 13.0 Å². The standard InChI is InChI=1S/C7H9O5PS/c1-14(11,12)7-5-3-2-4-6(7)13(8,9)10/h2-5H,1H3,(H2,8,9,10). The molecule has 0 atom stereocenters. The summed E-state index contributed by atoms with van der Waals surface area (Å²) in [6.45, 7) is 0. The van der Waals surface area contributed by atoms with Crippen LogP contribution in [0.3, 0.4) is 0 Å². The van der Waals surface area contributed by atoms with E-state index in [2.05, 4.69) is 0 Å². The number of hydrogen-bond acceptors (Lipinski definition) is 3. The van der Waals surface area contributed by atoms with Gasteiger partial charge >= 0.3 is 7.60 Å². The minimum absolute atomic E-state index is 0.326. The number of benzene rings is 1. The highest BCUT2D eigenvalue weighted by molar-refractivity contribution is 7.91. The molecule has 7 heteroatoms. The Morgan fingerprint density at radius 3 is 2.07 bits per heavy atom. The van der Waals surface area contributed by atoms with Crippen LogP contribution < -0.4 is 5.30 Å². The Morgan fingerprint density at radius 1 is 1.21 bits per heavy atom. The molecule has 0 saturated heterocycles. The fraction of sp³-hybridized carbons (Fsp3) is 0.143. The topological polar surface area (TPSA) is 91.7 Å². The Hall–Kier alpha value is -0.680. The van der Waals surface area contributed by atoms with Gasteiger partial charge in [-0.2, -0.15) is 0 Å². The summed E-state index contributed by atoms with van der Waals surface area (Å²) in [5.41, 5.74) is 0. The van der Waals surface area contributed by atoms with Crippen molar-refractivity contribution < 1.29 is 22.8 Å². The maximum Gasteiger partial charge on any atom is 0.357 e. The van der Waals surface area contributed by atoms with Crippen LogP contribution in [0.15, 0.2) is 29.2 Å². The summed E-state index contributed by atoms with van der Waals surface area (Å²) in [7, 11) is -8.14. The molecule has 0 aliphatic heterocycles. The van der Waals surface area contributed by atoms with Crippen LogP contribution >= 0.6 is 7.60 Å². The van der Waals surface area contributed by atoms with Gasteiger partial charge in [-0.3, -0.25) is 4.57 Å². The maximum absolute atomic E-state index is 11.2. The highest BCUT2D eigenvalue weighted by atomic mass is 32.2. The Kier molecular flexibility index (Phi) is 2.83. The first kappa shape index (κ1) is 11.4. The molecule has 0 bridgehead atoms. The van der Waals surface area contributed by atoms with Gasteiger partial charge in [-0.05, 0) is 12.1 Å². The maximum atomic E-state index is 11.2. The largest absolute Gasteiger partial charge is 0.357 e. The SMILES string of the molecule is CS(=O)(=O)c1ccccc1P(=O)(O)O. The second-order valence-electron chi connectivity index (χ2n) is 2.78. The highest BCUT2D eigenvalue weighted by Gasteiger charge is 2.25. The summed E-state index contributed by atoms with van der Waals surface area (Å²) in [4.78, 5) is 17.4. The second-order valence-corrected chi connectivity index (χ2v) is 6.34. The summed E-state index contributed by atoms with van der Waals surface area (Å²) in [5.74, 6) is 0. The van der Waals surface area contributed by atoms with Crippen LogP contribution in [0, 0.1) is 0 Å². The summed E-state index contributed by atoms with van der Waals surface area (Å²) in [6.07, 6.45) is 0.904. The molecule has 0 heterocycles. The van der Waals surface area contributed by atoms with E-state index in [0.717, 1.165) is 12.3 Å². The van der Waals surface area contributed by atoms with E-state index in [1.54, 1.807) is 0 Å². The smallest absolute Gasteiger partial charge is 0.321 e. The quantitative estimate of drug-likeness (QED) is 0.699. The molecule has 2 N–H and O–H groups in total. The minimum Gasteiger partial charge on any atom is -0.321 e.